The molecule has 0 radical (unpaired) electrons. The van der Waals surface area contributed by atoms with E-state index in [1.165, 1.54) is 16.6 Å². The van der Waals surface area contributed by atoms with E-state index in [9.17, 15) is 18.3 Å². The highest BCUT2D eigenvalue weighted by molar-refractivity contribution is 7.89. The minimum absolute atomic E-state index is 0.0200. The van der Waals surface area contributed by atoms with E-state index < -0.39 is 15.6 Å². The fourth-order valence-corrected chi connectivity index (χ4v) is 6.87. The van der Waals surface area contributed by atoms with Gasteiger partial charge in [0.2, 0.25) is 10.0 Å². The second-order valence-electron chi connectivity index (χ2n) is 9.53. The summed E-state index contributed by atoms with van der Waals surface area (Å²) in [6, 6.07) is 1.45. The van der Waals surface area contributed by atoms with E-state index in [4.69, 9.17) is 0 Å². The zero-order chi connectivity index (χ0) is 20.7. The van der Waals surface area contributed by atoms with Crippen LogP contribution in [0.4, 0.5) is 0 Å². The molecule has 1 aliphatic heterocycles. The smallest absolute Gasteiger partial charge is 0.268 e. The predicted molar refractivity (Wildman–Crippen MR) is 107 cm³/mol. The number of nitrogens with zero attached hydrogens (tertiary/aromatic N) is 2. The molecule has 8 heteroatoms. The largest absolute Gasteiger partial charge is 0.394 e. The summed E-state index contributed by atoms with van der Waals surface area (Å²) in [4.78, 5) is 13.2. The van der Waals surface area contributed by atoms with Crippen LogP contribution in [-0.2, 0) is 17.1 Å². The molecule has 2 atom stereocenters. The van der Waals surface area contributed by atoms with Gasteiger partial charge in [-0.1, -0.05) is 20.8 Å². The topological polar surface area (TPSA) is 91.6 Å². The normalized spacial score (nSPS) is 28.4. The molecule has 1 saturated heterocycles. The summed E-state index contributed by atoms with van der Waals surface area (Å²) in [6.45, 7) is 7.38. The van der Waals surface area contributed by atoms with Gasteiger partial charge in [0.25, 0.3) is 5.91 Å². The summed E-state index contributed by atoms with van der Waals surface area (Å²) in [6.07, 6.45) is 5.69. The Morgan fingerprint density at radius 1 is 1.29 bits per heavy atom. The Labute approximate surface area is 168 Å². The zero-order valence-corrected chi connectivity index (χ0v) is 18.2. The highest BCUT2D eigenvalue weighted by atomic mass is 32.2. The molecule has 0 aromatic carbocycles. The lowest BCUT2D eigenvalue weighted by Crippen LogP contribution is -2.57. The van der Waals surface area contributed by atoms with Crippen molar-refractivity contribution < 1.29 is 18.3 Å². The van der Waals surface area contributed by atoms with Crippen LogP contribution in [0.1, 0.15) is 63.4 Å². The van der Waals surface area contributed by atoms with Gasteiger partial charge < -0.3 is 15.0 Å². The van der Waals surface area contributed by atoms with Gasteiger partial charge in [-0.2, -0.15) is 4.31 Å². The Bertz CT molecular complexity index is 840. The van der Waals surface area contributed by atoms with Crippen LogP contribution in [0.2, 0.25) is 0 Å². The molecule has 0 bridgehead atoms. The molecule has 1 saturated carbocycles. The van der Waals surface area contributed by atoms with Crippen molar-refractivity contribution in [3.8, 4) is 0 Å². The average Bonchev–Trinajstić information content (AvgIpc) is 3.22. The first-order chi connectivity index (χ1) is 13.0. The van der Waals surface area contributed by atoms with Gasteiger partial charge in [-0.05, 0) is 49.5 Å². The summed E-state index contributed by atoms with van der Waals surface area (Å²) in [5, 5.41) is 13.2. The fourth-order valence-electron chi connectivity index (χ4n) is 5.28. The zero-order valence-electron chi connectivity index (χ0n) is 17.4. The number of aryl methyl sites for hydroxylation is 1. The molecule has 2 fully saturated rings. The number of aliphatic hydroxyl groups excluding tert-OH is 1. The van der Waals surface area contributed by atoms with Crippen LogP contribution in [0.3, 0.4) is 0 Å². The van der Waals surface area contributed by atoms with E-state index >= 15 is 0 Å². The molecule has 0 spiro atoms. The Morgan fingerprint density at radius 3 is 2.50 bits per heavy atom. The Morgan fingerprint density at radius 2 is 1.93 bits per heavy atom. The van der Waals surface area contributed by atoms with Crippen molar-refractivity contribution in [1.29, 1.82) is 0 Å². The van der Waals surface area contributed by atoms with E-state index in [1.54, 1.807) is 11.6 Å². The Hall–Kier alpha value is -1.38. The number of hydrogen-bond donors (Lipinski definition) is 2. The number of hydrogen-bond acceptors (Lipinski definition) is 4. The Kier molecular flexibility index (Phi) is 5.68. The monoisotopic (exact) mass is 411 g/mol. The lowest BCUT2D eigenvalue weighted by molar-refractivity contribution is 0.0331. The van der Waals surface area contributed by atoms with Crippen LogP contribution in [0.15, 0.2) is 17.2 Å². The van der Waals surface area contributed by atoms with Crippen molar-refractivity contribution in [3.63, 3.8) is 0 Å². The number of aromatic nitrogens is 1. The molecule has 2 unspecified atom stereocenters. The summed E-state index contributed by atoms with van der Waals surface area (Å²) in [7, 11) is -1.89. The first kappa shape index (κ1) is 21.3. The third kappa shape index (κ3) is 4.14. The third-order valence-corrected chi connectivity index (χ3v) is 7.92. The van der Waals surface area contributed by atoms with E-state index in [2.05, 4.69) is 26.1 Å². The molecule has 28 heavy (non-hydrogen) atoms. The standard InChI is InChI=1S/C20H33N3O4S/c1-15-10-19(2,3)13-20(11-15,14-24)21-18(25)17-9-16(12-22(17)4)28(26,27)23-7-5-6-8-23/h9,12,15,24H,5-8,10-11,13-14H2,1-4H3,(H,21,25). The average molecular weight is 412 g/mol. The van der Waals surface area contributed by atoms with Crippen molar-refractivity contribution in [3.05, 3.63) is 18.0 Å². The van der Waals surface area contributed by atoms with Crippen LogP contribution in [-0.4, -0.2) is 53.5 Å². The molecule has 7 nitrogen and oxygen atoms in total. The van der Waals surface area contributed by atoms with Crippen LogP contribution >= 0.6 is 0 Å². The molecule has 1 aliphatic carbocycles. The van der Waals surface area contributed by atoms with Crippen LogP contribution in [0.5, 0.6) is 0 Å². The lowest BCUT2D eigenvalue weighted by atomic mass is 9.64. The molecule has 2 N–H and O–H groups in total. The number of amides is 1. The number of nitrogens with one attached hydrogen (secondary N) is 1. The van der Waals surface area contributed by atoms with Crippen LogP contribution in [0, 0.1) is 11.3 Å². The van der Waals surface area contributed by atoms with Gasteiger partial charge in [0.1, 0.15) is 10.6 Å². The van der Waals surface area contributed by atoms with Gasteiger partial charge in [-0.3, -0.25) is 4.79 Å². The van der Waals surface area contributed by atoms with Crippen molar-refractivity contribution >= 4 is 15.9 Å². The van der Waals surface area contributed by atoms with Crippen molar-refractivity contribution in [2.75, 3.05) is 19.7 Å². The molecule has 2 heterocycles. The number of carbonyl (C=O) groups excluding carboxylic acids is 1. The minimum atomic E-state index is -3.57. The molecule has 1 aromatic rings. The van der Waals surface area contributed by atoms with Crippen molar-refractivity contribution in [2.45, 2.75) is 63.3 Å². The highest BCUT2D eigenvalue weighted by Gasteiger charge is 2.44. The molecule has 1 amide bonds. The van der Waals surface area contributed by atoms with Crippen LogP contribution < -0.4 is 5.32 Å². The van der Waals surface area contributed by atoms with Gasteiger partial charge in [0.15, 0.2) is 0 Å². The second kappa shape index (κ2) is 7.46. The summed E-state index contributed by atoms with van der Waals surface area (Å²) in [5.41, 5.74) is -0.371. The van der Waals surface area contributed by atoms with E-state index in [0.717, 1.165) is 19.3 Å². The summed E-state index contributed by atoms with van der Waals surface area (Å²) >= 11 is 0. The van der Waals surface area contributed by atoms with E-state index in [-0.39, 0.29) is 22.8 Å². The van der Waals surface area contributed by atoms with Gasteiger partial charge in [0.05, 0.1) is 12.1 Å². The minimum Gasteiger partial charge on any atom is -0.394 e. The first-order valence-corrected chi connectivity index (χ1v) is 11.5. The van der Waals surface area contributed by atoms with E-state index in [1.807, 2.05) is 0 Å². The number of sulfonamides is 1. The Balaban J connectivity index is 1.84. The fraction of sp³-hybridized carbons (Fsp3) is 0.750. The molecule has 3 rings (SSSR count). The van der Waals surface area contributed by atoms with Gasteiger partial charge >= 0.3 is 0 Å². The van der Waals surface area contributed by atoms with Gasteiger partial charge in [-0.25, -0.2) is 8.42 Å². The van der Waals surface area contributed by atoms with Crippen molar-refractivity contribution in [2.24, 2.45) is 18.4 Å². The molecular weight excluding hydrogens is 378 g/mol. The lowest BCUT2D eigenvalue weighted by Gasteiger charge is -2.47. The highest BCUT2D eigenvalue weighted by Crippen LogP contribution is 2.43. The second-order valence-corrected chi connectivity index (χ2v) is 11.5. The third-order valence-electron chi connectivity index (χ3n) is 6.05. The predicted octanol–water partition coefficient (Wildman–Crippen LogP) is 2.12. The van der Waals surface area contributed by atoms with Gasteiger partial charge in [0, 0.05) is 26.3 Å². The molecule has 158 valence electrons. The van der Waals surface area contributed by atoms with E-state index in [0.29, 0.717) is 37.5 Å². The maximum atomic E-state index is 13.0. The molecular formula is C20H33N3O4S. The van der Waals surface area contributed by atoms with Gasteiger partial charge in [-0.15, -0.1) is 0 Å². The molecule has 1 aromatic heterocycles. The number of carbonyl (C=O) groups is 1. The van der Waals surface area contributed by atoms with Crippen LogP contribution in [0.25, 0.3) is 0 Å². The SMILES string of the molecule is CC1CC(C)(C)CC(CO)(NC(=O)c2cc(S(=O)(=O)N3CCCC3)cn2C)C1. The first-order valence-electron chi connectivity index (χ1n) is 10.1. The molecule has 2 aliphatic rings. The maximum absolute atomic E-state index is 13.0. The number of rotatable bonds is 5. The summed E-state index contributed by atoms with van der Waals surface area (Å²) in [5.74, 6) is 0.0417. The van der Waals surface area contributed by atoms with Crippen molar-refractivity contribution in [1.82, 2.24) is 14.2 Å². The number of aliphatic hydroxyl groups is 1. The quantitative estimate of drug-likeness (QED) is 0.776. The maximum Gasteiger partial charge on any atom is 0.268 e. The summed E-state index contributed by atoms with van der Waals surface area (Å²) < 4.78 is 28.6.